The summed E-state index contributed by atoms with van der Waals surface area (Å²) in [6, 6.07) is 24.4. The van der Waals surface area contributed by atoms with Crippen LogP contribution in [0.15, 0.2) is 72.8 Å². The molecule has 0 saturated carbocycles. The van der Waals surface area contributed by atoms with Crippen LogP contribution in [-0.2, 0) is 24.3 Å². The molecule has 0 fully saturated rings. The Bertz CT molecular complexity index is 1210. The van der Waals surface area contributed by atoms with Crippen molar-refractivity contribution in [2.75, 3.05) is 6.61 Å². The quantitative estimate of drug-likeness (QED) is 0.337. The van der Waals surface area contributed by atoms with Crippen molar-refractivity contribution in [1.82, 2.24) is 14.9 Å². The molecule has 0 atom stereocenters. The van der Waals surface area contributed by atoms with Gasteiger partial charge in [-0.2, -0.15) is 0 Å². The minimum absolute atomic E-state index is 0.0376. The number of carbonyl (C=O) groups excluding carboxylic acids is 1. The highest BCUT2D eigenvalue weighted by Gasteiger charge is 2.12. The van der Waals surface area contributed by atoms with Gasteiger partial charge in [-0.1, -0.05) is 60.2 Å². The zero-order chi connectivity index (χ0) is 23.0. The third-order valence-electron chi connectivity index (χ3n) is 5.77. The van der Waals surface area contributed by atoms with Crippen LogP contribution in [0.4, 0.5) is 0 Å². The maximum absolute atomic E-state index is 12.4. The Balaban J connectivity index is 1.35. The van der Waals surface area contributed by atoms with E-state index in [2.05, 4.69) is 41.9 Å². The molecule has 0 aliphatic rings. The molecule has 0 saturated heterocycles. The number of hydrogen-bond acceptors (Lipinski definition) is 3. The zero-order valence-electron chi connectivity index (χ0n) is 19.4. The van der Waals surface area contributed by atoms with Gasteiger partial charge in [-0.25, -0.2) is 4.98 Å². The number of para-hydroxylation sites is 2. The average molecular weight is 442 g/mol. The second kappa shape index (κ2) is 10.8. The van der Waals surface area contributed by atoms with Crippen LogP contribution in [0.1, 0.15) is 35.4 Å². The Morgan fingerprint density at radius 3 is 2.61 bits per heavy atom. The number of benzene rings is 3. The van der Waals surface area contributed by atoms with E-state index >= 15 is 0 Å². The molecule has 0 spiro atoms. The molecule has 5 nitrogen and oxygen atoms in total. The summed E-state index contributed by atoms with van der Waals surface area (Å²) in [7, 11) is 0. The fourth-order valence-corrected chi connectivity index (χ4v) is 4.04. The molecule has 0 aliphatic heterocycles. The van der Waals surface area contributed by atoms with Gasteiger partial charge in [-0.05, 0) is 56.0 Å². The van der Waals surface area contributed by atoms with Crippen LogP contribution in [0.25, 0.3) is 11.0 Å². The normalized spacial score (nSPS) is 11.0. The highest BCUT2D eigenvalue weighted by Crippen LogP contribution is 2.20. The predicted octanol–water partition coefficient (Wildman–Crippen LogP) is 5.37. The van der Waals surface area contributed by atoms with Gasteiger partial charge >= 0.3 is 0 Å². The number of imidazole rings is 1. The molecule has 0 radical (unpaired) electrons. The number of hydrogen-bond donors (Lipinski definition) is 1. The number of aryl methyl sites for hydroxylation is 4. The van der Waals surface area contributed by atoms with E-state index in [4.69, 9.17) is 9.72 Å². The number of ether oxygens (including phenoxy) is 1. The van der Waals surface area contributed by atoms with E-state index in [1.807, 2.05) is 54.6 Å². The largest absolute Gasteiger partial charge is 0.493 e. The van der Waals surface area contributed by atoms with Crippen LogP contribution in [0.2, 0.25) is 0 Å². The molecule has 170 valence electrons. The molecule has 1 amide bonds. The van der Waals surface area contributed by atoms with E-state index in [1.165, 1.54) is 11.1 Å². The van der Waals surface area contributed by atoms with Gasteiger partial charge in [0.2, 0.25) is 5.91 Å². The number of fused-ring (bicyclic) bond motifs is 1. The van der Waals surface area contributed by atoms with Crippen molar-refractivity contribution in [3.63, 3.8) is 0 Å². The molecule has 33 heavy (non-hydrogen) atoms. The number of amides is 1. The highest BCUT2D eigenvalue weighted by atomic mass is 16.5. The minimum atomic E-state index is 0.0376. The van der Waals surface area contributed by atoms with Crippen molar-refractivity contribution in [2.24, 2.45) is 0 Å². The third kappa shape index (κ3) is 6.01. The SMILES string of the molecule is Cc1ccc(OCCCn2c(CNC(=O)CCc3ccccc3)nc3ccccc32)c(C)c1. The summed E-state index contributed by atoms with van der Waals surface area (Å²) in [4.78, 5) is 17.2. The van der Waals surface area contributed by atoms with Crippen molar-refractivity contribution in [1.29, 1.82) is 0 Å². The van der Waals surface area contributed by atoms with Gasteiger partial charge in [-0.3, -0.25) is 4.79 Å². The van der Waals surface area contributed by atoms with Crippen LogP contribution in [0, 0.1) is 13.8 Å². The van der Waals surface area contributed by atoms with Gasteiger partial charge in [0.1, 0.15) is 11.6 Å². The number of aromatic nitrogens is 2. The molecular weight excluding hydrogens is 410 g/mol. The molecule has 5 heteroatoms. The topological polar surface area (TPSA) is 56.1 Å². The van der Waals surface area contributed by atoms with Crippen molar-refractivity contribution < 1.29 is 9.53 Å². The molecule has 3 aromatic carbocycles. The van der Waals surface area contributed by atoms with E-state index in [9.17, 15) is 4.79 Å². The molecule has 1 heterocycles. The smallest absolute Gasteiger partial charge is 0.220 e. The minimum Gasteiger partial charge on any atom is -0.493 e. The fraction of sp³-hybridized carbons (Fsp3) is 0.286. The number of rotatable bonds is 10. The molecule has 4 rings (SSSR count). The van der Waals surface area contributed by atoms with Gasteiger partial charge < -0.3 is 14.6 Å². The summed E-state index contributed by atoms with van der Waals surface area (Å²) in [5, 5.41) is 3.05. The summed E-state index contributed by atoms with van der Waals surface area (Å²) in [6.07, 6.45) is 2.05. The predicted molar refractivity (Wildman–Crippen MR) is 132 cm³/mol. The molecule has 1 N–H and O–H groups in total. The lowest BCUT2D eigenvalue weighted by atomic mass is 10.1. The molecule has 0 aliphatic carbocycles. The van der Waals surface area contributed by atoms with E-state index in [-0.39, 0.29) is 5.91 Å². The number of carbonyl (C=O) groups is 1. The molecule has 0 bridgehead atoms. The van der Waals surface area contributed by atoms with Gasteiger partial charge in [-0.15, -0.1) is 0 Å². The summed E-state index contributed by atoms with van der Waals surface area (Å²) < 4.78 is 8.20. The third-order valence-corrected chi connectivity index (χ3v) is 5.77. The van der Waals surface area contributed by atoms with E-state index in [1.54, 1.807) is 0 Å². The van der Waals surface area contributed by atoms with Crippen LogP contribution in [0.5, 0.6) is 5.75 Å². The van der Waals surface area contributed by atoms with Crippen LogP contribution in [-0.4, -0.2) is 22.1 Å². The monoisotopic (exact) mass is 441 g/mol. The van der Waals surface area contributed by atoms with Gasteiger partial charge in [0.15, 0.2) is 0 Å². The Morgan fingerprint density at radius 2 is 1.79 bits per heavy atom. The van der Waals surface area contributed by atoms with Crippen molar-refractivity contribution in [3.8, 4) is 5.75 Å². The Labute approximate surface area is 195 Å². The summed E-state index contributed by atoms with van der Waals surface area (Å²) in [6.45, 7) is 5.98. The molecular formula is C28H31N3O2. The van der Waals surface area contributed by atoms with Gasteiger partial charge in [0.05, 0.1) is 24.2 Å². The van der Waals surface area contributed by atoms with Crippen LogP contribution in [0.3, 0.4) is 0 Å². The summed E-state index contributed by atoms with van der Waals surface area (Å²) in [5.74, 6) is 1.84. The second-order valence-electron chi connectivity index (χ2n) is 8.40. The van der Waals surface area contributed by atoms with Gasteiger partial charge in [0, 0.05) is 13.0 Å². The fourth-order valence-electron chi connectivity index (χ4n) is 4.04. The Morgan fingerprint density at radius 1 is 1.00 bits per heavy atom. The maximum atomic E-state index is 12.4. The van der Waals surface area contributed by atoms with E-state index in [0.29, 0.717) is 19.6 Å². The van der Waals surface area contributed by atoms with Crippen molar-refractivity contribution in [2.45, 2.75) is 46.2 Å². The number of nitrogens with zero attached hydrogens (tertiary/aromatic N) is 2. The number of nitrogens with one attached hydrogen (secondary N) is 1. The van der Waals surface area contributed by atoms with Crippen molar-refractivity contribution in [3.05, 3.63) is 95.3 Å². The molecule has 0 unspecified atom stereocenters. The van der Waals surface area contributed by atoms with Gasteiger partial charge in [0.25, 0.3) is 0 Å². The second-order valence-corrected chi connectivity index (χ2v) is 8.40. The highest BCUT2D eigenvalue weighted by molar-refractivity contribution is 5.77. The van der Waals surface area contributed by atoms with Crippen molar-refractivity contribution >= 4 is 16.9 Å². The first-order valence-corrected chi connectivity index (χ1v) is 11.5. The molecule has 1 aromatic heterocycles. The first kappa shape index (κ1) is 22.6. The van der Waals surface area contributed by atoms with Crippen LogP contribution < -0.4 is 10.1 Å². The first-order chi connectivity index (χ1) is 16.1. The lowest BCUT2D eigenvalue weighted by molar-refractivity contribution is -0.121. The van der Waals surface area contributed by atoms with Crippen LogP contribution >= 0.6 is 0 Å². The maximum Gasteiger partial charge on any atom is 0.220 e. The average Bonchev–Trinajstić information content (AvgIpc) is 3.18. The van der Waals surface area contributed by atoms with E-state index < -0.39 is 0 Å². The Kier molecular flexibility index (Phi) is 7.40. The first-order valence-electron chi connectivity index (χ1n) is 11.5. The summed E-state index contributed by atoms with van der Waals surface area (Å²) in [5.41, 5.74) is 5.59. The lowest BCUT2D eigenvalue weighted by Crippen LogP contribution is -2.25. The molecule has 4 aromatic rings. The van der Waals surface area contributed by atoms with E-state index in [0.717, 1.165) is 47.6 Å². The summed E-state index contributed by atoms with van der Waals surface area (Å²) >= 11 is 0. The Hall–Kier alpha value is -3.60. The standard InChI is InChI=1S/C28H31N3O2/c1-21-13-15-26(22(2)19-21)33-18-8-17-31-25-12-7-6-11-24(25)30-27(31)20-29-28(32)16-14-23-9-4-3-5-10-23/h3-7,9-13,15,19H,8,14,16-18,20H2,1-2H3,(H,29,32). The zero-order valence-corrected chi connectivity index (χ0v) is 19.4. The lowest BCUT2D eigenvalue weighted by Gasteiger charge is -2.12.